The first-order valence-corrected chi connectivity index (χ1v) is 7.95. The third kappa shape index (κ3) is 61.4. The molecule has 0 aromatic rings. The minimum absolute atomic E-state index is 0.197. The first-order valence-electron chi connectivity index (χ1n) is 5.01. The number of carbonyl (C=O) groups excluding carboxylic acids is 1. The second kappa shape index (κ2) is 14.6. The summed E-state index contributed by atoms with van der Waals surface area (Å²) in [6.07, 6.45) is 3.64. The molecule has 0 atom stereocenters. The molecule has 0 spiro atoms. The van der Waals surface area contributed by atoms with Gasteiger partial charge in [0.15, 0.2) is 0 Å². The van der Waals surface area contributed by atoms with Crippen LogP contribution in [0.15, 0.2) is 4.99 Å². The summed E-state index contributed by atoms with van der Waals surface area (Å²) in [5.74, 6) is -0.197. The Morgan fingerprint density at radius 2 is 1.79 bits per heavy atom. The van der Waals surface area contributed by atoms with Crippen LogP contribution in [0.4, 0.5) is 4.79 Å². The third-order valence-electron chi connectivity index (χ3n) is 1.07. The molecule has 112 valence electrons. The van der Waals surface area contributed by atoms with E-state index in [0.717, 1.165) is 19.4 Å². The molecule has 13 N–H and O–H groups in total. The van der Waals surface area contributed by atoms with Gasteiger partial charge in [0.2, 0.25) is 12.2 Å². The highest BCUT2D eigenvalue weighted by Gasteiger charge is 1.97. The number of nitriles is 1. The van der Waals surface area contributed by atoms with Crippen molar-refractivity contribution in [3.63, 3.8) is 0 Å². The van der Waals surface area contributed by atoms with E-state index in [0.29, 0.717) is 0 Å². The lowest BCUT2D eigenvalue weighted by Gasteiger charge is -2.10. The van der Waals surface area contributed by atoms with E-state index in [2.05, 4.69) is 28.5 Å². The third-order valence-corrected chi connectivity index (χ3v) is 2.17. The van der Waals surface area contributed by atoms with E-state index in [9.17, 15) is 0 Å². The highest BCUT2D eigenvalue weighted by Crippen LogP contribution is 2.17. The Hall–Kier alpha value is -1.44. The Morgan fingerprint density at radius 1 is 1.37 bits per heavy atom. The zero-order chi connectivity index (χ0) is 15.9. The van der Waals surface area contributed by atoms with Crippen LogP contribution in [0.3, 0.4) is 0 Å². The van der Waals surface area contributed by atoms with Crippen molar-refractivity contribution >= 4 is 30.3 Å². The van der Waals surface area contributed by atoms with Crippen LogP contribution < -0.4 is 39.0 Å². The molecule has 0 saturated heterocycles. The van der Waals surface area contributed by atoms with Gasteiger partial charge >= 0.3 is 6.03 Å². The summed E-state index contributed by atoms with van der Waals surface area (Å²) in [5.41, 5.74) is 28.7. The minimum atomic E-state index is -2.11. The first-order chi connectivity index (χ1) is 8.56. The van der Waals surface area contributed by atoms with Crippen LogP contribution in [0.5, 0.6) is 0 Å². The number of nitrogens with two attached hydrogens (primary N) is 6. The second-order valence-electron chi connectivity index (χ2n) is 3.01. The number of nitrogens with one attached hydrogen (secondary N) is 1. The monoisotopic (exact) mass is 311 g/mol. The number of urea groups is 1. The maximum atomic E-state index is 9.00. The van der Waals surface area contributed by atoms with Crippen molar-refractivity contribution in [3.8, 4) is 6.19 Å². The summed E-state index contributed by atoms with van der Waals surface area (Å²) in [4.78, 5) is 11.9. The molecule has 0 aromatic heterocycles. The van der Waals surface area contributed by atoms with Crippen LogP contribution in [-0.4, -0.2) is 18.5 Å². The van der Waals surface area contributed by atoms with E-state index < -0.39 is 12.5 Å². The summed E-state index contributed by atoms with van der Waals surface area (Å²) in [7, 11) is 0. The molecule has 2 amide bonds. The number of guanidine groups is 1. The molecule has 12 heteroatoms. The van der Waals surface area contributed by atoms with Crippen LogP contribution in [0.1, 0.15) is 19.8 Å². The zero-order valence-electron chi connectivity index (χ0n) is 10.7. The fourth-order valence-electron chi connectivity index (χ4n) is 0.488. The van der Waals surface area contributed by atoms with Crippen molar-refractivity contribution in [1.82, 2.24) is 5.09 Å². The molecule has 0 aliphatic heterocycles. The summed E-state index contributed by atoms with van der Waals surface area (Å²) >= 11 is 4.75. The van der Waals surface area contributed by atoms with Crippen LogP contribution in [-0.2, 0) is 11.8 Å². The molecule has 19 heavy (non-hydrogen) atoms. The topological polar surface area (TPSA) is 221 Å². The fourth-order valence-corrected chi connectivity index (χ4v) is 1.27. The van der Waals surface area contributed by atoms with Crippen molar-refractivity contribution in [2.45, 2.75) is 19.8 Å². The molecule has 0 heterocycles. The minimum Gasteiger partial charge on any atom is -0.369 e. The lowest BCUT2D eigenvalue weighted by molar-refractivity contribution is 0.256. The van der Waals surface area contributed by atoms with Gasteiger partial charge < -0.3 is 22.9 Å². The highest BCUT2D eigenvalue weighted by molar-refractivity contribution is 8.11. The van der Waals surface area contributed by atoms with Crippen LogP contribution in [0.2, 0.25) is 0 Å². The Kier molecular flexibility index (Phi) is 17.5. The van der Waals surface area contributed by atoms with Crippen molar-refractivity contribution in [2.24, 2.45) is 38.9 Å². The van der Waals surface area contributed by atoms with Crippen molar-refractivity contribution in [1.29, 1.82) is 5.26 Å². The number of amides is 2. The lowest BCUT2D eigenvalue weighted by Crippen LogP contribution is -2.22. The molecule has 0 aliphatic carbocycles. The summed E-state index contributed by atoms with van der Waals surface area (Å²) in [6.45, 7) is 0.845. The van der Waals surface area contributed by atoms with Gasteiger partial charge in [-0.15, -0.1) is 4.99 Å². The summed E-state index contributed by atoms with van der Waals surface area (Å²) < 4.78 is 0. The molecule has 0 rings (SSSR count). The number of unbranched alkanes of at least 4 members (excludes halogenated alkanes) is 1. The SMILES string of the molecule is CCCCNP(N)(N)=S.N#CN=C(N)N.NC(N)=O. The van der Waals surface area contributed by atoms with Gasteiger partial charge in [-0.25, -0.2) is 4.79 Å². The summed E-state index contributed by atoms with van der Waals surface area (Å²) in [6, 6.07) is -0.833. The first kappa shape index (κ1) is 22.7. The molecule has 0 bridgehead atoms. The van der Waals surface area contributed by atoms with E-state index in [1.165, 1.54) is 6.19 Å². The molecular formula is C7H22N9OPS. The maximum Gasteiger partial charge on any atom is 0.309 e. The Balaban J connectivity index is -0.000000222. The van der Waals surface area contributed by atoms with E-state index in [4.69, 9.17) is 44.3 Å². The molecule has 0 aromatic carbocycles. The Bertz CT molecular complexity index is 339. The van der Waals surface area contributed by atoms with Gasteiger partial charge in [-0.05, 0) is 18.2 Å². The van der Waals surface area contributed by atoms with Crippen molar-refractivity contribution in [2.75, 3.05) is 6.54 Å². The van der Waals surface area contributed by atoms with Crippen LogP contribution in [0, 0.1) is 11.5 Å². The van der Waals surface area contributed by atoms with E-state index in [1.807, 2.05) is 0 Å². The second-order valence-corrected chi connectivity index (χ2v) is 6.56. The van der Waals surface area contributed by atoms with Gasteiger partial charge in [-0.1, -0.05) is 13.3 Å². The number of hydrogen-bond acceptors (Lipinski definition) is 4. The number of aliphatic imine (C=N–C) groups is 1. The number of carbonyl (C=O) groups is 1. The predicted octanol–water partition coefficient (Wildman–Crippen LogP) is -1.72. The van der Waals surface area contributed by atoms with Gasteiger partial charge in [0.25, 0.3) is 0 Å². The zero-order valence-corrected chi connectivity index (χ0v) is 12.5. The smallest absolute Gasteiger partial charge is 0.309 e. The number of primary amides is 2. The van der Waals surface area contributed by atoms with Gasteiger partial charge in [-0.3, -0.25) is 16.1 Å². The average molecular weight is 311 g/mol. The van der Waals surface area contributed by atoms with Crippen LogP contribution >= 0.6 is 6.49 Å². The quantitative estimate of drug-likeness (QED) is 0.104. The molecule has 0 saturated carbocycles. The summed E-state index contributed by atoms with van der Waals surface area (Å²) in [5, 5.41) is 10.5. The molecular weight excluding hydrogens is 289 g/mol. The van der Waals surface area contributed by atoms with Crippen LogP contribution in [0.25, 0.3) is 0 Å². The van der Waals surface area contributed by atoms with Crippen molar-refractivity contribution < 1.29 is 4.79 Å². The fraction of sp³-hybridized carbons (Fsp3) is 0.571. The highest BCUT2D eigenvalue weighted by atomic mass is 32.4. The predicted molar refractivity (Wildman–Crippen MR) is 80.8 cm³/mol. The van der Waals surface area contributed by atoms with Gasteiger partial charge in [0.05, 0.1) is 0 Å². The van der Waals surface area contributed by atoms with E-state index in [1.54, 1.807) is 0 Å². The molecule has 0 unspecified atom stereocenters. The van der Waals surface area contributed by atoms with Gasteiger partial charge in [0, 0.05) is 6.54 Å². The molecule has 10 nitrogen and oxygen atoms in total. The average Bonchev–Trinajstić information content (AvgIpc) is 2.15. The largest absolute Gasteiger partial charge is 0.369 e. The molecule has 0 aliphatic rings. The standard InChI is InChI=1S/C4H14N3PS.C2H4N4.CH4N2O/c1-2-3-4-7-8(5,6)9;3-1-6-2(4)5;2-1(3)4/h2-4H2,1H3,(H5,5,6,7,9);(H4,4,5,6);(H4,2,3,4). The normalized spacial score (nSPS) is 8.74. The molecule has 0 radical (unpaired) electrons. The van der Waals surface area contributed by atoms with Gasteiger partial charge in [-0.2, -0.15) is 5.26 Å². The Labute approximate surface area is 117 Å². The maximum absolute atomic E-state index is 9.00. The lowest BCUT2D eigenvalue weighted by atomic mass is 10.3. The van der Waals surface area contributed by atoms with Crippen molar-refractivity contribution in [3.05, 3.63) is 0 Å². The number of hydrogen-bond donors (Lipinski definition) is 7. The van der Waals surface area contributed by atoms with Gasteiger partial charge in [0.1, 0.15) is 6.49 Å². The van der Waals surface area contributed by atoms with E-state index in [-0.39, 0.29) is 5.96 Å². The molecule has 0 fully saturated rings. The Morgan fingerprint density at radius 3 is 1.95 bits per heavy atom. The number of rotatable bonds is 4. The number of nitrogens with zero attached hydrogens (tertiary/aromatic N) is 2. The van der Waals surface area contributed by atoms with E-state index >= 15 is 0 Å².